The van der Waals surface area contributed by atoms with Gasteiger partial charge in [-0.1, -0.05) is 12.8 Å². The van der Waals surface area contributed by atoms with Gasteiger partial charge in [0.25, 0.3) is 0 Å². The number of rotatable bonds is 1. The molecular weight excluding hydrogens is 327 g/mol. The van der Waals surface area contributed by atoms with Crippen molar-refractivity contribution in [2.24, 2.45) is 0 Å². The van der Waals surface area contributed by atoms with Crippen LogP contribution in [0.2, 0.25) is 0 Å². The summed E-state index contributed by atoms with van der Waals surface area (Å²) in [6, 6.07) is 0. The zero-order valence-electron chi connectivity index (χ0n) is 11.7. The normalized spacial score (nSPS) is 17.1. The fraction of sp³-hybridized carbons (Fsp3) is 0.714. The van der Waals surface area contributed by atoms with Crippen LogP contribution in [-0.2, 0) is 24.7 Å². The Labute approximate surface area is 134 Å². The van der Waals surface area contributed by atoms with Crippen LogP contribution in [0.3, 0.4) is 0 Å². The number of hydrogen-bond acceptors (Lipinski definition) is 4. The number of aldehydes is 2. The molecular formula is C14H24ClCuN2O2. The van der Waals surface area contributed by atoms with Crippen LogP contribution in [0, 0.1) is 10.8 Å². The van der Waals surface area contributed by atoms with E-state index in [4.69, 9.17) is 20.4 Å². The molecule has 0 bridgehead atoms. The van der Waals surface area contributed by atoms with Gasteiger partial charge in [-0.25, -0.2) is 0 Å². The summed E-state index contributed by atoms with van der Waals surface area (Å²) in [6.45, 7) is 0. The fourth-order valence-corrected chi connectivity index (χ4v) is 1.96. The van der Waals surface area contributed by atoms with Crippen LogP contribution in [0.1, 0.15) is 64.2 Å². The summed E-state index contributed by atoms with van der Waals surface area (Å²) in [5.74, 6) is 0. The van der Waals surface area contributed by atoms with Crippen LogP contribution < -0.4 is 0 Å². The Balaban J connectivity index is 0. The quantitative estimate of drug-likeness (QED) is 0.425. The number of hydrogen-bond donors (Lipinski definition) is 2. The van der Waals surface area contributed by atoms with Crippen molar-refractivity contribution in [2.75, 3.05) is 0 Å². The van der Waals surface area contributed by atoms with Crippen LogP contribution >= 0.6 is 10.1 Å². The van der Waals surface area contributed by atoms with Crippen LogP contribution in [0.15, 0.2) is 0 Å². The first-order valence-electron chi connectivity index (χ1n) is 6.83. The van der Waals surface area contributed by atoms with E-state index < -0.39 is 0 Å². The maximum atomic E-state index is 8.81. The Hall–Kier alpha value is -0.511. The molecule has 0 heterocycles. The second-order valence-corrected chi connectivity index (χ2v) is 4.60. The summed E-state index contributed by atoms with van der Waals surface area (Å²) in [5, 5.41) is 14.4. The van der Waals surface area contributed by atoms with Crippen LogP contribution in [-0.4, -0.2) is 24.0 Å². The zero-order chi connectivity index (χ0) is 15.6. The second-order valence-electron chi connectivity index (χ2n) is 4.60. The molecule has 2 saturated carbocycles. The van der Waals surface area contributed by atoms with Gasteiger partial charge in [0.15, 0.2) is 12.6 Å². The summed E-state index contributed by atoms with van der Waals surface area (Å²) in [6.07, 6.45) is 12.4. The van der Waals surface area contributed by atoms with Crippen molar-refractivity contribution in [1.29, 1.82) is 10.8 Å². The van der Waals surface area contributed by atoms with Gasteiger partial charge in [-0.2, -0.15) is 0 Å². The third kappa shape index (κ3) is 17.5. The van der Waals surface area contributed by atoms with Gasteiger partial charge in [0, 0.05) is 11.4 Å². The van der Waals surface area contributed by atoms with E-state index in [0.717, 1.165) is 37.1 Å². The summed E-state index contributed by atoms with van der Waals surface area (Å²) in [4.78, 5) is 17.6. The number of nitrogens with one attached hydrogen (secondary N) is 2. The molecule has 0 aromatic carbocycles. The van der Waals surface area contributed by atoms with Gasteiger partial charge in [0.05, 0.1) is 0 Å². The molecule has 2 N–H and O–H groups in total. The summed E-state index contributed by atoms with van der Waals surface area (Å²) in [5.41, 5.74) is 1.93. The van der Waals surface area contributed by atoms with Gasteiger partial charge in [-0.05, 0) is 51.4 Å². The topological polar surface area (TPSA) is 81.8 Å². The van der Waals surface area contributed by atoms with Gasteiger partial charge in [-0.3, -0.25) is 9.59 Å². The molecule has 2 rings (SSSR count). The predicted molar refractivity (Wildman–Crippen MR) is 79.6 cm³/mol. The van der Waals surface area contributed by atoms with E-state index in [9.17, 15) is 0 Å². The van der Waals surface area contributed by atoms with Gasteiger partial charge < -0.3 is 10.8 Å². The molecule has 4 nitrogen and oxygen atoms in total. The SMILES string of the molecule is N=C1CCCCC1.N=C1CCCCC1.O=CC=O.[Cl][Cu]. The molecule has 0 spiro atoms. The Kier molecular flexibility index (Phi) is 20.1. The molecule has 0 atom stereocenters. The third-order valence-corrected chi connectivity index (χ3v) is 2.97. The third-order valence-electron chi connectivity index (χ3n) is 2.97. The van der Waals surface area contributed by atoms with E-state index in [-0.39, 0.29) is 12.6 Å². The van der Waals surface area contributed by atoms with Crippen molar-refractivity contribution >= 4 is 34.1 Å². The molecule has 0 amide bonds. The Morgan fingerprint density at radius 1 is 0.700 bits per heavy atom. The molecule has 120 valence electrons. The van der Waals surface area contributed by atoms with E-state index in [1.54, 1.807) is 0 Å². The van der Waals surface area contributed by atoms with E-state index in [1.165, 1.54) is 38.5 Å². The van der Waals surface area contributed by atoms with Gasteiger partial charge >= 0.3 is 25.2 Å². The van der Waals surface area contributed by atoms with E-state index in [0.29, 0.717) is 0 Å². The van der Waals surface area contributed by atoms with Crippen molar-refractivity contribution in [1.82, 2.24) is 0 Å². The number of carbonyl (C=O) groups excluding carboxylic acids is 2. The number of carbonyl (C=O) groups is 2. The molecule has 2 aliphatic rings. The van der Waals surface area contributed by atoms with Gasteiger partial charge in [0.2, 0.25) is 0 Å². The molecule has 0 aromatic rings. The molecule has 20 heavy (non-hydrogen) atoms. The van der Waals surface area contributed by atoms with E-state index in [2.05, 4.69) is 25.2 Å². The maximum absolute atomic E-state index is 8.81. The van der Waals surface area contributed by atoms with E-state index in [1.807, 2.05) is 0 Å². The van der Waals surface area contributed by atoms with Crippen LogP contribution in [0.5, 0.6) is 0 Å². The monoisotopic (exact) mass is 350 g/mol. The Morgan fingerprint density at radius 2 is 0.950 bits per heavy atom. The van der Waals surface area contributed by atoms with Gasteiger partial charge in [0.1, 0.15) is 0 Å². The molecule has 0 unspecified atom stereocenters. The first-order chi connectivity index (χ1) is 9.70. The average Bonchev–Trinajstić information content (AvgIpc) is 2.52. The first kappa shape index (κ1) is 21.8. The van der Waals surface area contributed by atoms with Crippen molar-refractivity contribution in [3.05, 3.63) is 0 Å². The molecule has 0 aliphatic heterocycles. The minimum atomic E-state index is 0.194. The van der Waals surface area contributed by atoms with Gasteiger partial charge in [-0.15, -0.1) is 0 Å². The standard InChI is InChI=1S/2C6H11N.C2H2O2.ClH.Cu/c2*7-6-4-2-1-3-5-6;3-1-2-4;;/h2*7H,1-5H2;1-2H;1H;/q;;;;+1/p-1. The average molecular weight is 351 g/mol. The second kappa shape index (κ2) is 18.5. The van der Waals surface area contributed by atoms with E-state index >= 15 is 0 Å². The minimum absolute atomic E-state index is 0.194. The van der Waals surface area contributed by atoms with Crippen molar-refractivity contribution in [3.63, 3.8) is 0 Å². The number of halogens is 1. The Morgan fingerprint density at radius 3 is 1.05 bits per heavy atom. The fourth-order valence-electron chi connectivity index (χ4n) is 1.96. The first-order valence-corrected chi connectivity index (χ1v) is 8.13. The summed E-state index contributed by atoms with van der Waals surface area (Å²) >= 11 is 3.66. The van der Waals surface area contributed by atoms with Crippen LogP contribution in [0.4, 0.5) is 0 Å². The summed E-state index contributed by atoms with van der Waals surface area (Å²) in [7, 11) is 4.20. The molecule has 0 radical (unpaired) electrons. The summed E-state index contributed by atoms with van der Waals surface area (Å²) < 4.78 is 0. The molecule has 2 aliphatic carbocycles. The van der Waals surface area contributed by atoms with Crippen LogP contribution in [0.25, 0.3) is 0 Å². The van der Waals surface area contributed by atoms with Crippen molar-refractivity contribution in [2.45, 2.75) is 64.2 Å². The predicted octanol–water partition coefficient (Wildman–Crippen LogP) is 4.01. The zero-order valence-corrected chi connectivity index (χ0v) is 13.4. The molecule has 0 aromatic heterocycles. The van der Waals surface area contributed by atoms with Crippen molar-refractivity contribution in [3.8, 4) is 0 Å². The Bertz CT molecular complexity index is 242. The molecule has 0 saturated heterocycles. The van der Waals surface area contributed by atoms with Crippen molar-refractivity contribution < 1.29 is 24.7 Å². The molecule has 6 heteroatoms. The molecule has 2 fully saturated rings.